The van der Waals surface area contributed by atoms with E-state index in [0.717, 1.165) is 22.0 Å². The zero-order chi connectivity index (χ0) is 25.2. The Labute approximate surface area is 223 Å². The fraction of sp³-hybridized carbons (Fsp3) is 0.179. The van der Waals surface area contributed by atoms with E-state index in [1.165, 1.54) is 11.8 Å². The number of fused-ring (bicyclic) bond motifs is 1. The Bertz CT molecular complexity index is 1530. The van der Waals surface area contributed by atoms with E-state index in [2.05, 4.69) is 29.0 Å². The number of rotatable bonds is 8. The van der Waals surface area contributed by atoms with Crippen LogP contribution in [0.3, 0.4) is 0 Å². The topological polar surface area (TPSA) is 63.6 Å². The number of nitrogens with zero attached hydrogens (tertiary/aromatic N) is 3. The molecule has 0 saturated heterocycles. The highest BCUT2D eigenvalue weighted by Crippen LogP contribution is 2.40. The first-order chi connectivity index (χ1) is 17.4. The van der Waals surface area contributed by atoms with Gasteiger partial charge in [0.25, 0.3) is 0 Å². The van der Waals surface area contributed by atoms with Crippen LogP contribution in [0.5, 0.6) is 0 Å². The lowest BCUT2D eigenvalue weighted by Crippen LogP contribution is -2.13. The average Bonchev–Trinajstić information content (AvgIpc) is 3.47. The van der Waals surface area contributed by atoms with Gasteiger partial charge >= 0.3 is 0 Å². The molecule has 3 aromatic carbocycles. The number of aromatic nitrogens is 4. The number of thioether (sulfide) groups is 1. The molecule has 0 amide bonds. The second-order valence-electron chi connectivity index (χ2n) is 8.96. The third-order valence-electron chi connectivity index (χ3n) is 5.86. The van der Waals surface area contributed by atoms with Crippen LogP contribution in [0.15, 0.2) is 84.1 Å². The van der Waals surface area contributed by atoms with E-state index in [1.807, 2.05) is 65.2 Å². The van der Waals surface area contributed by atoms with Crippen LogP contribution in [0.2, 0.25) is 10.0 Å². The molecule has 0 fully saturated rings. The van der Waals surface area contributed by atoms with Crippen molar-refractivity contribution in [3.05, 3.63) is 100 Å². The number of ketones is 1. The summed E-state index contributed by atoms with van der Waals surface area (Å²) in [6.07, 6.45) is 1.79. The predicted octanol–water partition coefficient (Wildman–Crippen LogP) is 8.11. The minimum absolute atomic E-state index is 0.00817. The molecule has 5 nitrogen and oxygen atoms in total. The van der Waals surface area contributed by atoms with Crippen molar-refractivity contribution < 1.29 is 4.79 Å². The molecular formula is C28H24Cl2N4OS. The molecule has 1 atom stereocenters. The Hall–Kier alpha value is -3.06. The summed E-state index contributed by atoms with van der Waals surface area (Å²) in [5, 5.41) is 11.1. The molecule has 182 valence electrons. The Morgan fingerprint density at radius 3 is 2.50 bits per heavy atom. The van der Waals surface area contributed by atoms with E-state index in [-0.39, 0.29) is 5.78 Å². The van der Waals surface area contributed by atoms with Crippen molar-refractivity contribution in [3.8, 4) is 11.4 Å². The van der Waals surface area contributed by atoms with Crippen molar-refractivity contribution in [3.63, 3.8) is 0 Å². The standard InChI is InChI=1S/C28H24Cl2N4OS/c1-17(2)16-34-27(21-13-12-19(29)14-23(21)30)32-33-28(34)36-26(18-8-4-3-5-9-18)25(35)22-15-31-24-11-7-6-10-20(22)24/h3-15,17,26,31H,16H2,1-2H3/t26-/m1/s1. The van der Waals surface area contributed by atoms with Gasteiger partial charge in [-0.1, -0.05) is 97.3 Å². The van der Waals surface area contributed by atoms with Crippen molar-refractivity contribution in [1.29, 1.82) is 0 Å². The smallest absolute Gasteiger partial charge is 0.192 e. The highest BCUT2D eigenvalue weighted by atomic mass is 35.5. The molecule has 0 radical (unpaired) electrons. The molecule has 0 spiro atoms. The number of nitrogens with one attached hydrogen (secondary N) is 1. The third-order valence-corrected chi connectivity index (χ3v) is 7.64. The highest BCUT2D eigenvalue weighted by Gasteiger charge is 2.29. The lowest BCUT2D eigenvalue weighted by molar-refractivity contribution is 0.0991. The Morgan fingerprint density at radius 2 is 1.75 bits per heavy atom. The minimum Gasteiger partial charge on any atom is -0.360 e. The Kier molecular flexibility index (Phi) is 7.19. The maximum absolute atomic E-state index is 14.0. The van der Waals surface area contributed by atoms with Gasteiger partial charge in [0.05, 0.1) is 5.02 Å². The first-order valence-electron chi connectivity index (χ1n) is 11.6. The van der Waals surface area contributed by atoms with Crippen LogP contribution in [0, 0.1) is 5.92 Å². The van der Waals surface area contributed by atoms with Crippen LogP contribution < -0.4 is 0 Å². The number of halogens is 2. The molecule has 5 rings (SSSR count). The second-order valence-corrected chi connectivity index (χ2v) is 10.9. The quantitative estimate of drug-likeness (QED) is 0.161. The zero-order valence-electron chi connectivity index (χ0n) is 19.8. The molecule has 2 heterocycles. The van der Waals surface area contributed by atoms with E-state index < -0.39 is 5.25 Å². The number of carbonyl (C=O) groups excluding carboxylic acids is 1. The average molecular weight is 536 g/mol. The third kappa shape index (κ3) is 4.94. The van der Waals surface area contributed by atoms with E-state index in [0.29, 0.717) is 39.1 Å². The molecule has 36 heavy (non-hydrogen) atoms. The number of H-pyrrole nitrogens is 1. The van der Waals surface area contributed by atoms with Crippen LogP contribution in [0.4, 0.5) is 0 Å². The number of Topliss-reactive ketones (excluding diaryl/α,β-unsaturated/α-hetero) is 1. The van der Waals surface area contributed by atoms with Crippen LogP contribution in [0.25, 0.3) is 22.3 Å². The monoisotopic (exact) mass is 534 g/mol. The number of carbonyl (C=O) groups is 1. The maximum Gasteiger partial charge on any atom is 0.192 e. The predicted molar refractivity (Wildman–Crippen MR) is 148 cm³/mol. The summed E-state index contributed by atoms with van der Waals surface area (Å²) in [6, 6.07) is 23.0. The summed E-state index contributed by atoms with van der Waals surface area (Å²) >= 11 is 14.1. The Balaban J connectivity index is 1.59. The van der Waals surface area contributed by atoms with Gasteiger partial charge in [-0.2, -0.15) is 0 Å². The summed E-state index contributed by atoms with van der Waals surface area (Å²) in [6.45, 7) is 4.94. The summed E-state index contributed by atoms with van der Waals surface area (Å²) in [4.78, 5) is 17.2. The number of hydrogen-bond acceptors (Lipinski definition) is 4. The lowest BCUT2D eigenvalue weighted by Gasteiger charge is -2.18. The molecule has 8 heteroatoms. The molecule has 0 aliphatic heterocycles. The van der Waals surface area contributed by atoms with Gasteiger partial charge in [0.2, 0.25) is 0 Å². The summed E-state index contributed by atoms with van der Waals surface area (Å²) in [5.41, 5.74) is 3.24. The van der Waals surface area contributed by atoms with Gasteiger partial charge < -0.3 is 9.55 Å². The fourth-order valence-electron chi connectivity index (χ4n) is 4.20. The molecule has 0 aliphatic carbocycles. The summed E-state index contributed by atoms with van der Waals surface area (Å²) < 4.78 is 2.04. The summed E-state index contributed by atoms with van der Waals surface area (Å²) in [5.74, 6) is 0.984. The van der Waals surface area contributed by atoms with E-state index in [9.17, 15) is 4.79 Å². The molecule has 2 aromatic heterocycles. The van der Waals surface area contributed by atoms with Crippen molar-refractivity contribution in [2.45, 2.75) is 30.8 Å². The molecule has 0 aliphatic rings. The van der Waals surface area contributed by atoms with Gasteiger partial charge in [-0.25, -0.2) is 0 Å². The lowest BCUT2D eigenvalue weighted by atomic mass is 10.0. The van der Waals surface area contributed by atoms with Crippen molar-refractivity contribution in [2.75, 3.05) is 0 Å². The highest BCUT2D eigenvalue weighted by molar-refractivity contribution is 8.00. The maximum atomic E-state index is 14.0. The van der Waals surface area contributed by atoms with E-state index in [1.54, 1.807) is 18.3 Å². The van der Waals surface area contributed by atoms with Crippen LogP contribution in [-0.2, 0) is 6.54 Å². The largest absolute Gasteiger partial charge is 0.360 e. The first kappa shape index (κ1) is 24.6. The normalized spacial score (nSPS) is 12.4. The zero-order valence-corrected chi connectivity index (χ0v) is 22.1. The Morgan fingerprint density at radius 1 is 1.00 bits per heavy atom. The molecule has 0 unspecified atom stereocenters. The number of para-hydroxylation sites is 1. The van der Waals surface area contributed by atoms with Gasteiger partial charge in [-0.15, -0.1) is 10.2 Å². The molecular weight excluding hydrogens is 511 g/mol. The molecule has 0 saturated carbocycles. The SMILES string of the molecule is CC(C)Cn1c(S[C@@H](C(=O)c2c[nH]c3ccccc23)c2ccccc2)nnc1-c1ccc(Cl)cc1Cl. The minimum atomic E-state index is -0.506. The number of aromatic amines is 1. The van der Waals surface area contributed by atoms with Gasteiger partial charge in [0.15, 0.2) is 16.8 Å². The molecule has 1 N–H and O–H groups in total. The fourth-order valence-corrected chi connectivity index (χ4v) is 5.81. The van der Waals surface area contributed by atoms with E-state index in [4.69, 9.17) is 23.2 Å². The van der Waals surface area contributed by atoms with Gasteiger partial charge in [0.1, 0.15) is 5.25 Å². The van der Waals surface area contributed by atoms with E-state index >= 15 is 0 Å². The first-order valence-corrected chi connectivity index (χ1v) is 13.3. The van der Waals surface area contributed by atoms with Crippen LogP contribution in [0.1, 0.15) is 35.0 Å². The van der Waals surface area contributed by atoms with Gasteiger partial charge in [-0.05, 0) is 35.7 Å². The molecule has 0 bridgehead atoms. The van der Waals surface area contributed by atoms with Crippen LogP contribution >= 0.6 is 35.0 Å². The van der Waals surface area contributed by atoms with Gasteiger partial charge in [-0.3, -0.25) is 4.79 Å². The van der Waals surface area contributed by atoms with Crippen molar-refractivity contribution in [2.24, 2.45) is 5.92 Å². The second kappa shape index (κ2) is 10.5. The van der Waals surface area contributed by atoms with Gasteiger partial charge in [0, 0.05) is 39.8 Å². The van der Waals surface area contributed by atoms with Crippen molar-refractivity contribution in [1.82, 2.24) is 19.7 Å². The molecule has 5 aromatic rings. The number of benzene rings is 3. The number of hydrogen-bond donors (Lipinski definition) is 1. The van der Waals surface area contributed by atoms with Crippen LogP contribution in [-0.4, -0.2) is 25.5 Å². The van der Waals surface area contributed by atoms with Crippen molar-refractivity contribution >= 4 is 51.6 Å². The summed E-state index contributed by atoms with van der Waals surface area (Å²) in [7, 11) is 0.